The molecule has 0 radical (unpaired) electrons. The average Bonchev–Trinajstić information content (AvgIpc) is 2.91. The molecule has 1 atom stereocenters. The maximum atomic E-state index is 11.9. The van der Waals surface area contributed by atoms with Gasteiger partial charge in [0, 0.05) is 23.6 Å². The number of aliphatic hydroxyl groups is 1. The SMILES string of the molecule is Cc1cccc2[nH]cc(CCNC(=O)NC(CO)CC(C)C)c12. The van der Waals surface area contributed by atoms with Crippen LogP contribution in [0.1, 0.15) is 31.4 Å². The number of urea groups is 1. The minimum Gasteiger partial charge on any atom is -0.394 e. The minimum atomic E-state index is -0.221. The molecule has 5 heteroatoms. The highest BCUT2D eigenvalue weighted by atomic mass is 16.3. The number of benzene rings is 1. The highest BCUT2D eigenvalue weighted by molar-refractivity contribution is 5.86. The number of aliphatic hydroxyl groups excluding tert-OH is 1. The molecule has 0 saturated heterocycles. The second-order valence-corrected chi connectivity index (χ2v) is 6.47. The zero-order chi connectivity index (χ0) is 16.8. The van der Waals surface area contributed by atoms with E-state index >= 15 is 0 Å². The summed E-state index contributed by atoms with van der Waals surface area (Å²) in [4.78, 5) is 15.2. The monoisotopic (exact) mass is 317 g/mol. The summed E-state index contributed by atoms with van der Waals surface area (Å²) >= 11 is 0. The molecular weight excluding hydrogens is 290 g/mol. The summed E-state index contributed by atoms with van der Waals surface area (Å²) in [5.74, 6) is 0.432. The van der Waals surface area contributed by atoms with E-state index in [0.29, 0.717) is 12.5 Å². The molecule has 5 nitrogen and oxygen atoms in total. The van der Waals surface area contributed by atoms with Crippen LogP contribution in [0.2, 0.25) is 0 Å². The van der Waals surface area contributed by atoms with E-state index in [-0.39, 0.29) is 18.7 Å². The Labute approximate surface area is 137 Å². The molecule has 0 spiro atoms. The largest absolute Gasteiger partial charge is 0.394 e. The summed E-state index contributed by atoms with van der Waals surface area (Å²) in [5, 5.41) is 16.2. The molecule has 0 aliphatic carbocycles. The average molecular weight is 317 g/mol. The minimum absolute atomic E-state index is 0.0345. The highest BCUT2D eigenvalue weighted by Crippen LogP contribution is 2.22. The standard InChI is InChI=1S/C18H27N3O2/c1-12(2)9-15(11-22)21-18(23)19-8-7-14-10-20-16-6-4-5-13(3)17(14)16/h4-6,10,12,15,20,22H,7-9,11H2,1-3H3,(H2,19,21,23). The van der Waals surface area contributed by atoms with Crippen LogP contribution in [0.3, 0.4) is 0 Å². The summed E-state index contributed by atoms with van der Waals surface area (Å²) in [6.45, 7) is 6.76. The summed E-state index contributed by atoms with van der Waals surface area (Å²) in [6.07, 6.45) is 3.55. The van der Waals surface area contributed by atoms with Crippen molar-refractivity contribution in [2.45, 2.75) is 39.7 Å². The van der Waals surface area contributed by atoms with Crippen molar-refractivity contribution in [1.29, 1.82) is 0 Å². The van der Waals surface area contributed by atoms with Gasteiger partial charge in [-0.2, -0.15) is 0 Å². The van der Waals surface area contributed by atoms with Gasteiger partial charge in [0.25, 0.3) is 0 Å². The Bertz CT molecular complexity index is 649. The number of hydrogen-bond acceptors (Lipinski definition) is 2. The van der Waals surface area contributed by atoms with Crippen molar-refractivity contribution < 1.29 is 9.90 Å². The Morgan fingerprint density at radius 2 is 2.13 bits per heavy atom. The van der Waals surface area contributed by atoms with Gasteiger partial charge in [-0.25, -0.2) is 4.79 Å². The van der Waals surface area contributed by atoms with E-state index in [0.717, 1.165) is 18.4 Å². The molecule has 1 heterocycles. The van der Waals surface area contributed by atoms with Gasteiger partial charge in [0.2, 0.25) is 0 Å². The Kier molecular flexibility index (Phi) is 6.04. The summed E-state index contributed by atoms with van der Waals surface area (Å²) in [6, 6.07) is 5.78. The second-order valence-electron chi connectivity index (χ2n) is 6.47. The van der Waals surface area contributed by atoms with Crippen LogP contribution in [0, 0.1) is 12.8 Å². The first kappa shape index (κ1) is 17.3. The summed E-state index contributed by atoms with van der Waals surface area (Å²) in [7, 11) is 0. The van der Waals surface area contributed by atoms with Crippen molar-refractivity contribution in [2.75, 3.05) is 13.2 Å². The fourth-order valence-corrected chi connectivity index (χ4v) is 2.94. The maximum Gasteiger partial charge on any atom is 0.315 e. The number of aromatic amines is 1. The van der Waals surface area contributed by atoms with Crippen LogP contribution in [-0.2, 0) is 6.42 Å². The predicted molar refractivity (Wildman–Crippen MR) is 93.6 cm³/mol. The molecule has 0 saturated carbocycles. The van der Waals surface area contributed by atoms with Crippen molar-refractivity contribution in [3.05, 3.63) is 35.5 Å². The molecule has 2 aromatic rings. The van der Waals surface area contributed by atoms with Crippen LogP contribution >= 0.6 is 0 Å². The second kappa shape index (κ2) is 8.02. The van der Waals surface area contributed by atoms with E-state index in [1.54, 1.807) is 0 Å². The van der Waals surface area contributed by atoms with E-state index in [2.05, 4.69) is 48.5 Å². The molecule has 0 fully saturated rings. The van der Waals surface area contributed by atoms with Gasteiger partial charge < -0.3 is 20.7 Å². The number of hydrogen-bond donors (Lipinski definition) is 4. The Hall–Kier alpha value is -2.01. The zero-order valence-corrected chi connectivity index (χ0v) is 14.1. The fraction of sp³-hybridized carbons (Fsp3) is 0.500. The van der Waals surface area contributed by atoms with E-state index in [1.807, 2.05) is 12.3 Å². The molecule has 2 rings (SSSR count). The number of aromatic nitrogens is 1. The molecular formula is C18H27N3O2. The molecule has 0 bridgehead atoms. The van der Waals surface area contributed by atoms with Crippen molar-refractivity contribution >= 4 is 16.9 Å². The van der Waals surface area contributed by atoms with Crippen LogP contribution in [0.4, 0.5) is 4.79 Å². The lowest BCUT2D eigenvalue weighted by Crippen LogP contribution is -2.44. The number of H-pyrrole nitrogens is 1. The van der Waals surface area contributed by atoms with Gasteiger partial charge in [0.1, 0.15) is 0 Å². The van der Waals surface area contributed by atoms with Gasteiger partial charge in [-0.3, -0.25) is 0 Å². The molecule has 23 heavy (non-hydrogen) atoms. The van der Waals surface area contributed by atoms with Gasteiger partial charge in [0.15, 0.2) is 0 Å². The topological polar surface area (TPSA) is 77.2 Å². The smallest absolute Gasteiger partial charge is 0.315 e. The van der Waals surface area contributed by atoms with Gasteiger partial charge in [-0.05, 0) is 42.9 Å². The van der Waals surface area contributed by atoms with Gasteiger partial charge in [-0.1, -0.05) is 26.0 Å². The van der Waals surface area contributed by atoms with Crippen LogP contribution in [0.5, 0.6) is 0 Å². The quantitative estimate of drug-likeness (QED) is 0.634. The third-order valence-electron chi connectivity index (χ3n) is 3.99. The third-order valence-corrected chi connectivity index (χ3v) is 3.99. The van der Waals surface area contributed by atoms with E-state index < -0.39 is 0 Å². The number of fused-ring (bicyclic) bond motifs is 1. The lowest BCUT2D eigenvalue weighted by molar-refractivity contribution is 0.207. The lowest BCUT2D eigenvalue weighted by Gasteiger charge is -2.18. The van der Waals surface area contributed by atoms with Crippen molar-refractivity contribution in [3.63, 3.8) is 0 Å². The maximum absolute atomic E-state index is 11.9. The number of nitrogens with one attached hydrogen (secondary N) is 3. The molecule has 2 amide bonds. The van der Waals surface area contributed by atoms with Crippen molar-refractivity contribution in [1.82, 2.24) is 15.6 Å². The van der Waals surface area contributed by atoms with Gasteiger partial charge in [0.05, 0.1) is 12.6 Å². The van der Waals surface area contributed by atoms with Crippen LogP contribution in [-0.4, -0.2) is 35.3 Å². The zero-order valence-electron chi connectivity index (χ0n) is 14.1. The van der Waals surface area contributed by atoms with Crippen LogP contribution in [0.15, 0.2) is 24.4 Å². The highest BCUT2D eigenvalue weighted by Gasteiger charge is 2.13. The van der Waals surface area contributed by atoms with E-state index in [9.17, 15) is 9.90 Å². The number of amides is 2. The fourth-order valence-electron chi connectivity index (χ4n) is 2.94. The lowest BCUT2D eigenvalue weighted by atomic mass is 10.0. The molecule has 1 aromatic heterocycles. The normalized spacial score (nSPS) is 12.6. The number of rotatable bonds is 7. The van der Waals surface area contributed by atoms with Crippen molar-refractivity contribution in [3.8, 4) is 0 Å². The summed E-state index contributed by atoms with van der Waals surface area (Å²) in [5.41, 5.74) is 3.57. The van der Waals surface area contributed by atoms with E-state index in [1.165, 1.54) is 16.5 Å². The Morgan fingerprint density at radius 3 is 2.83 bits per heavy atom. The first-order chi connectivity index (χ1) is 11.0. The van der Waals surface area contributed by atoms with Crippen molar-refractivity contribution in [2.24, 2.45) is 5.92 Å². The number of carbonyl (C=O) groups excluding carboxylic acids is 1. The summed E-state index contributed by atoms with van der Waals surface area (Å²) < 4.78 is 0. The molecule has 4 N–H and O–H groups in total. The first-order valence-electron chi connectivity index (χ1n) is 8.22. The van der Waals surface area contributed by atoms with Crippen LogP contribution < -0.4 is 10.6 Å². The molecule has 1 unspecified atom stereocenters. The first-order valence-corrected chi connectivity index (χ1v) is 8.22. The number of carbonyl (C=O) groups is 1. The Balaban J connectivity index is 1.85. The molecule has 0 aliphatic rings. The number of aryl methyl sites for hydroxylation is 1. The van der Waals surface area contributed by atoms with Gasteiger partial charge in [-0.15, -0.1) is 0 Å². The molecule has 126 valence electrons. The predicted octanol–water partition coefficient (Wildman–Crippen LogP) is 2.73. The third kappa shape index (κ3) is 4.73. The molecule has 1 aromatic carbocycles. The van der Waals surface area contributed by atoms with Gasteiger partial charge >= 0.3 is 6.03 Å². The molecule has 0 aliphatic heterocycles. The van der Waals surface area contributed by atoms with E-state index in [4.69, 9.17) is 0 Å². The Morgan fingerprint density at radius 1 is 1.35 bits per heavy atom. The van der Waals surface area contributed by atoms with Crippen LogP contribution in [0.25, 0.3) is 10.9 Å².